The topological polar surface area (TPSA) is 279 Å². The molecular formula is C90H116BrCl10FK2N12O13. The standard InChI is InChI=1S/C23H29Cl2N3O2.C21H25Cl2N3O3.C21H27Cl2N3O.C11H14BrNO3.C10H12Cl2N2.C2H3ClO.CH3F.CH2O3.ClH.2K.H/c1-17-8-9-19(16-21(17)26-18(2)29)30-15-4-3-10-27-11-13-28(14-12-27)22-7-5-6-20(24)23(22)25;1-16-7-8-17(15-20(16)26(27)28)29-14-3-2-9-24-10-12-25(13-11-24)19-6-4-5-18(22)21(19)23;1-16-7-8-17(15-19(16)24)27-14-3-2-9-25-10-12-26(13-11-25)20-6-4-5-18(22)21(20)23;1-9-4-5-10(8-11(9)13(14)15)16-7-3-2-6-12;11-8-2-1-3-9(10(8)12)14-6-4-13-5-7-14;1-2(3)4;1-2;2-1-4-3;;;;/h5-9,16H,3-4,10-15H2,1-2H3,(H,26,29);4-8,15H,2-3,9-14H2,1H3;4-8,15H,2-3,9-14,24H2,1H3;4-5,8H,2-3,6-7H2,1H3;1-3,13H,4-7H2;1H3;1H3;1,3H;1H;;;/q;;;;;;;;;2*+1;-1/p-1/i;;;;;;1D;;;;;. The Hall–Kier alpha value is -4.25. The van der Waals surface area contributed by atoms with E-state index in [-0.39, 0.29) is 155 Å². The zero-order valence-electron chi connectivity index (χ0n) is 76.2. The molecule has 4 N–H and O–H groups in total. The van der Waals surface area contributed by atoms with Gasteiger partial charge < -0.3 is 66.5 Å². The number of nitrogens with one attached hydrogen (secondary N) is 2. The average molecular weight is 2110 g/mol. The van der Waals surface area contributed by atoms with Gasteiger partial charge in [0.15, 0.2) is 0 Å². The molecule has 0 saturated carbocycles. The second kappa shape index (κ2) is 68.7. The van der Waals surface area contributed by atoms with Crippen LogP contribution in [0.1, 0.15) is 90.3 Å². The number of nitro benzene ring substituents is 2. The Bertz CT molecular complexity index is 4680. The largest absolute Gasteiger partial charge is 1.00 e. The number of nitrogens with two attached hydrogens (primary N) is 1. The average Bonchev–Trinajstić information content (AvgIpc) is 0.836. The number of halogens is 12. The Kier molecular flexibility index (Phi) is 63.3. The van der Waals surface area contributed by atoms with Gasteiger partial charge in [-0.2, -0.15) is 0 Å². The maximum absolute atomic E-state index is 11.3. The number of piperazine rings is 4. The molecule has 0 bridgehead atoms. The number of aryl methyl sites for hydroxylation is 4. The van der Waals surface area contributed by atoms with Crippen molar-refractivity contribution in [3.63, 3.8) is 0 Å². The first-order chi connectivity index (χ1) is 60.9. The molecule has 4 saturated heterocycles. The Labute approximate surface area is 906 Å². The second-order valence-corrected chi connectivity index (χ2v) is 33.6. The zero-order chi connectivity index (χ0) is 93.2. The van der Waals surface area contributed by atoms with Crippen molar-refractivity contribution in [2.45, 2.75) is 92.9 Å². The van der Waals surface area contributed by atoms with Crippen LogP contribution in [-0.2, 0) is 19.3 Å². The fourth-order valence-corrected chi connectivity index (χ4v) is 15.3. The van der Waals surface area contributed by atoms with E-state index in [0.29, 0.717) is 82.6 Å². The summed E-state index contributed by atoms with van der Waals surface area (Å²) >= 11 is 57.5. The van der Waals surface area contributed by atoms with Crippen molar-refractivity contribution >= 4 is 196 Å². The maximum atomic E-state index is 11.3. The summed E-state index contributed by atoms with van der Waals surface area (Å²) in [6, 6.07) is 44.7. The summed E-state index contributed by atoms with van der Waals surface area (Å²) in [7, 11) is -1.00. The van der Waals surface area contributed by atoms with E-state index in [9.17, 15) is 34.2 Å². The predicted molar refractivity (Wildman–Crippen MR) is 525 cm³/mol. The van der Waals surface area contributed by atoms with Crippen LogP contribution in [-0.4, -0.2) is 205 Å². The zero-order valence-corrected chi connectivity index (χ0v) is 89.7. The Morgan fingerprint density at radius 1 is 0.488 bits per heavy atom. The molecule has 0 aliphatic carbocycles. The van der Waals surface area contributed by atoms with Crippen LogP contribution in [0.15, 0.2) is 146 Å². The van der Waals surface area contributed by atoms with E-state index in [1.165, 1.54) is 26.0 Å². The number of ether oxygens (including phenoxy) is 4. The van der Waals surface area contributed by atoms with Crippen molar-refractivity contribution in [2.75, 3.05) is 194 Å². The number of nitro groups is 2. The van der Waals surface area contributed by atoms with E-state index >= 15 is 0 Å². The van der Waals surface area contributed by atoms with Crippen LogP contribution in [0.3, 0.4) is 0 Å². The van der Waals surface area contributed by atoms with Crippen LogP contribution in [0.25, 0.3) is 0 Å². The first kappa shape index (κ1) is 119. The van der Waals surface area contributed by atoms with E-state index in [4.69, 9.17) is 129 Å². The molecule has 0 unspecified atom stereocenters. The van der Waals surface area contributed by atoms with Crippen molar-refractivity contribution in [2.24, 2.45) is 0 Å². The molecule has 0 radical (unpaired) electrons. The van der Waals surface area contributed by atoms with Crippen molar-refractivity contribution in [3.8, 4) is 23.0 Å². The quantitative estimate of drug-likeness (QED) is 0.00419. The third-order valence-corrected chi connectivity index (χ3v) is 23.9. The van der Waals surface area contributed by atoms with Gasteiger partial charge in [0.25, 0.3) is 17.8 Å². The first-order valence-electron chi connectivity index (χ1n) is 41.8. The predicted octanol–water partition coefficient (Wildman–Crippen LogP) is 15.5. The molecule has 4 aliphatic rings. The van der Waals surface area contributed by atoms with Crippen LogP contribution in [0.5, 0.6) is 23.0 Å². The number of anilines is 6. The fourth-order valence-electron chi connectivity index (χ4n) is 13.2. The number of benzene rings is 8. The van der Waals surface area contributed by atoms with E-state index in [0.717, 1.165) is 244 Å². The molecule has 0 spiro atoms. The van der Waals surface area contributed by atoms with Crippen LogP contribution in [0.4, 0.5) is 49.9 Å². The fraction of sp³-hybridized carbons (Fsp3) is 0.433. The van der Waals surface area contributed by atoms with Gasteiger partial charge >= 0.3 is 103 Å². The van der Waals surface area contributed by atoms with Crippen LogP contribution in [0, 0.1) is 47.9 Å². The smallest absolute Gasteiger partial charge is 1.00 e. The Morgan fingerprint density at radius 2 is 0.767 bits per heavy atom. The van der Waals surface area contributed by atoms with Gasteiger partial charge in [0.1, 0.15) is 23.0 Å². The van der Waals surface area contributed by atoms with Gasteiger partial charge in [-0.15, -0.1) is 12.4 Å². The second-order valence-electron chi connectivity index (χ2n) is 29.2. The number of nitrogens with zero attached hydrogens (tertiary/aromatic N) is 9. The summed E-state index contributed by atoms with van der Waals surface area (Å²) in [5.74, 6) is 2.68. The maximum Gasteiger partial charge on any atom is 1.00 e. The molecule has 4 heterocycles. The molecule has 700 valence electrons. The summed E-state index contributed by atoms with van der Waals surface area (Å²) in [5.41, 5.74) is 15.2. The molecule has 12 rings (SSSR count). The van der Waals surface area contributed by atoms with E-state index < -0.39 is 7.15 Å². The van der Waals surface area contributed by atoms with Gasteiger partial charge in [0.05, 0.1) is 120 Å². The summed E-state index contributed by atoms with van der Waals surface area (Å²) < 4.78 is 38.3. The summed E-state index contributed by atoms with van der Waals surface area (Å²) in [5, 5.41) is 41.9. The minimum absolute atomic E-state index is 0. The number of nitrogen functional groups attached to an aromatic ring is 1. The molecular weight excluding hydrogens is 1990 g/mol. The molecule has 4 aliphatic heterocycles. The van der Waals surface area contributed by atoms with Crippen molar-refractivity contribution in [1.29, 1.82) is 0 Å². The van der Waals surface area contributed by atoms with Gasteiger partial charge in [0.2, 0.25) is 11.1 Å². The number of hydrogen-bond acceptors (Lipinski definition) is 22. The van der Waals surface area contributed by atoms with E-state index in [2.05, 4.69) is 77.4 Å². The Morgan fingerprint density at radius 3 is 1.05 bits per heavy atom. The van der Waals surface area contributed by atoms with Gasteiger partial charge in [-0.05, 0) is 206 Å². The molecule has 129 heavy (non-hydrogen) atoms. The SMILES string of the molecule is CC(=O)Cl.CC(=O)Nc1cc(OCCCCN2CCN(c3cccc(Cl)c3Cl)CC2)ccc1C.Cc1ccc(OCCCCBr)cc1[N+](=O)[O-].Cc1ccc(OCCCCN2CCN(c3cccc(Cl)c3Cl)CC2)cc1N.Cc1ccc(OCCCCN2CCN(c3cccc(Cl)c3Cl)CC2)cc1[N+](=O)[O-].Cl.Clc1cccc(N2CCNCC2)c1Cl.O=CO[O-].[2H]CF.[H-].[K+].[K+]. The molecule has 8 aromatic rings. The van der Waals surface area contributed by atoms with E-state index in [1.54, 1.807) is 44.2 Å². The minimum atomic E-state index is -1.00. The Balaban J connectivity index is 0.000000806. The van der Waals surface area contributed by atoms with Crippen molar-refractivity contribution in [3.05, 3.63) is 228 Å². The third-order valence-electron chi connectivity index (χ3n) is 20.1. The van der Waals surface area contributed by atoms with Crippen LogP contribution >= 0.6 is 133 Å². The molecule has 39 heteroatoms. The first-order valence-corrected chi connectivity index (χ1v) is 45.6. The summed E-state index contributed by atoms with van der Waals surface area (Å²) in [6.07, 6.45) is 8.13. The van der Waals surface area contributed by atoms with Gasteiger partial charge in [-0.1, -0.05) is 145 Å². The van der Waals surface area contributed by atoms with E-state index in [1.807, 2.05) is 117 Å². The molecule has 4 fully saturated rings. The number of amides is 1. The minimum Gasteiger partial charge on any atom is -1.00 e. The third kappa shape index (κ3) is 45.5. The van der Waals surface area contributed by atoms with Gasteiger partial charge in [-0.25, -0.2) is 0 Å². The number of carbonyl (C=O) groups is 3. The molecule has 0 atom stereocenters. The number of alkyl halides is 2. The monoisotopic (exact) mass is 2100 g/mol. The number of rotatable bonds is 31. The molecule has 8 aromatic carbocycles. The molecule has 1 amide bonds. The number of unbranched alkanes of at least 4 members (excludes halogenated alkanes) is 4. The normalized spacial score (nSPS) is 13.5. The van der Waals surface area contributed by atoms with Crippen molar-refractivity contribution in [1.82, 2.24) is 20.0 Å². The molecule has 25 nitrogen and oxygen atoms in total. The summed E-state index contributed by atoms with van der Waals surface area (Å²) in [6.45, 7) is 31.5. The number of hydrogen-bond donors (Lipinski definition) is 3. The molecule has 0 aromatic heterocycles. The summed E-state index contributed by atoms with van der Waals surface area (Å²) in [4.78, 5) is 69.2. The number of carbonyl (C=O) groups excluding carboxylic acids is 3. The van der Waals surface area contributed by atoms with Crippen molar-refractivity contribution < 1.29 is 163 Å². The van der Waals surface area contributed by atoms with Crippen LogP contribution in [0.2, 0.25) is 40.2 Å². The van der Waals surface area contributed by atoms with Crippen LogP contribution < -0.4 is 163 Å². The van der Waals surface area contributed by atoms with Gasteiger partial charge in [-0.3, -0.25) is 53.7 Å². The van der Waals surface area contributed by atoms with Gasteiger partial charge in [0, 0.05) is 159 Å².